The first-order chi connectivity index (χ1) is 15.1. The average molecular weight is 414 g/mol. The van der Waals surface area contributed by atoms with Crippen molar-refractivity contribution in [3.63, 3.8) is 0 Å². The molecule has 0 fully saturated rings. The molecule has 4 aromatic heterocycles. The third-order valence-electron chi connectivity index (χ3n) is 4.76. The van der Waals surface area contributed by atoms with Gasteiger partial charge in [-0.3, -0.25) is 19.0 Å². The molecular formula is C22H18N6O3. The predicted molar refractivity (Wildman–Crippen MR) is 112 cm³/mol. The Morgan fingerprint density at radius 2 is 2.16 bits per heavy atom. The first-order valence-corrected chi connectivity index (χ1v) is 9.57. The molecule has 0 bridgehead atoms. The Labute approximate surface area is 176 Å². The van der Waals surface area contributed by atoms with Gasteiger partial charge in [0.15, 0.2) is 5.49 Å². The Hall–Kier alpha value is -4.16. The van der Waals surface area contributed by atoms with Crippen molar-refractivity contribution < 1.29 is 9.53 Å². The summed E-state index contributed by atoms with van der Waals surface area (Å²) < 4.78 is 8.20. The number of rotatable bonds is 5. The molecular weight excluding hydrogens is 396 g/mol. The van der Waals surface area contributed by atoms with E-state index < -0.39 is 5.91 Å². The summed E-state index contributed by atoms with van der Waals surface area (Å²) >= 11 is 0. The molecule has 31 heavy (non-hydrogen) atoms. The molecule has 154 valence electrons. The number of methoxy groups -OCH3 is 1. The fourth-order valence-electron chi connectivity index (χ4n) is 3.31. The van der Waals surface area contributed by atoms with Crippen molar-refractivity contribution in [1.82, 2.24) is 18.9 Å². The molecule has 9 nitrogen and oxygen atoms in total. The molecule has 0 radical (unpaired) electrons. The van der Waals surface area contributed by atoms with Crippen molar-refractivity contribution in [1.29, 1.82) is 5.26 Å². The van der Waals surface area contributed by atoms with Gasteiger partial charge < -0.3 is 9.30 Å². The van der Waals surface area contributed by atoms with Gasteiger partial charge in [-0.05, 0) is 36.8 Å². The minimum absolute atomic E-state index is 0.108. The zero-order valence-electron chi connectivity index (χ0n) is 16.7. The number of carbonyl (C=O) groups excluding carboxylic acids is 1. The van der Waals surface area contributed by atoms with Crippen LogP contribution in [0.3, 0.4) is 0 Å². The number of ether oxygens (including phenoxy) is 1. The number of fused-ring (bicyclic) bond motifs is 2. The van der Waals surface area contributed by atoms with Crippen LogP contribution in [0.4, 0.5) is 0 Å². The van der Waals surface area contributed by atoms with E-state index in [4.69, 9.17) is 4.74 Å². The number of hydrogen-bond acceptors (Lipinski definition) is 6. The highest BCUT2D eigenvalue weighted by Crippen LogP contribution is 2.11. The largest absolute Gasteiger partial charge is 0.385 e. The summed E-state index contributed by atoms with van der Waals surface area (Å²) in [6, 6.07) is 12.0. The van der Waals surface area contributed by atoms with Crippen molar-refractivity contribution >= 4 is 22.6 Å². The number of pyridine rings is 3. The second-order valence-electron chi connectivity index (χ2n) is 6.73. The zero-order chi connectivity index (χ0) is 21.8. The summed E-state index contributed by atoms with van der Waals surface area (Å²) in [4.78, 5) is 38.6. The van der Waals surface area contributed by atoms with Crippen LogP contribution in [0.25, 0.3) is 16.7 Å². The van der Waals surface area contributed by atoms with E-state index in [1.807, 2.05) is 0 Å². The van der Waals surface area contributed by atoms with Crippen molar-refractivity contribution in [2.75, 3.05) is 13.7 Å². The van der Waals surface area contributed by atoms with Crippen LogP contribution < -0.4 is 11.0 Å². The second kappa shape index (κ2) is 8.69. The molecule has 0 spiro atoms. The maximum atomic E-state index is 13.1. The summed E-state index contributed by atoms with van der Waals surface area (Å²) in [6.45, 7) is 0.808. The van der Waals surface area contributed by atoms with Crippen LogP contribution in [-0.2, 0) is 11.3 Å². The number of amides is 1. The molecule has 0 aliphatic rings. The minimum atomic E-state index is -0.540. The van der Waals surface area contributed by atoms with E-state index in [0.717, 1.165) is 0 Å². The van der Waals surface area contributed by atoms with E-state index in [1.54, 1.807) is 54.4 Å². The van der Waals surface area contributed by atoms with Crippen LogP contribution >= 0.6 is 0 Å². The van der Waals surface area contributed by atoms with Crippen molar-refractivity contribution in [3.8, 4) is 6.07 Å². The molecule has 0 atom stereocenters. The van der Waals surface area contributed by atoms with E-state index >= 15 is 0 Å². The molecule has 4 aromatic rings. The highest BCUT2D eigenvalue weighted by molar-refractivity contribution is 5.94. The molecule has 0 aliphatic carbocycles. The second-order valence-corrected chi connectivity index (χ2v) is 6.73. The average Bonchev–Trinajstić information content (AvgIpc) is 2.81. The summed E-state index contributed by atoms with van der Waals surface area (Å²) in [5.41, 5.74) is 1.05. The molecule has 0 unspecified atom stereocenters. The minimum Gasteiger partial charge on any atom is -0.385 e. The van der Waals surface area contributed by atoms with Gasteiger partial charge >= 0.3 is 0 Å². The van der Waals surface area contributed by atoms with E-state index in [2.05, 4.69) is 21.0 Å². The van der Waals surface area contributed by atoms with Gasteiger partial charge in [-0.1, -0.05) is 6.07 Å². The predicted octanol–water partition coefficient (Wildman–Crippen LogP) is 1.69. The lowest BCUT2D eigenvalue weighted by Crippen LogP contribution is -2.30. The van der Waals surface area contributed by atoms with Gasteiger partial charge in [0.05, 0.1) is 16.5 Å². The summed E-state index contributed by atoms with van der Waals surface area (Å²) in [6.07, 6.45) is 5.16. The lowest BCUT2D eigenvalue weighted by molar-refractivity contribution is 0.0996. The number of carbonyl (C=O) groups is 1. The molecule has 1 amide bonds. The van der Waals surface area contributed by atoms with Crippen molar-refractivity contribution in [2.45, 2.75) is 13.0 Å². The van der Waals surface area contributed by atoms with Crippen LogP contribution in [0.2, 0.25) is 0 Å². The van der Waals surface area contributed by atoms with E-state index in [-0.39, 0.29) is 22.0 Å². The summed E-state index contributed by atoms with van der Waals surface area (Å²) in [5.74, 6) is -0.540. The summed E-state index contributed by atoms with van der Waals surface area (Å²) in [5, 5.41) is 10.0. The highest BCUT2D eigenvalue weighted by atomic mass is 16.5. The smallest absolute Gasteiger partial charge is 0.280 e. The standard InChI is InChI=1S/C22H18N6O3/c1-31-11-5-10-28-19(26-21(29)15-6-4-8-24-14-15)16(13-23)12-17-20(28)25-18-7-2-3-9-27(18)22(17)30/h2-4,6-9,12,14H,5,10-11H2,1H3. The van der Waals surface area contributed by atoms with Gasteiger partial charge in [0, 0.05) is 38.9 Å². The molecule has 0 aromatic carbocycles. The number of aryl methyl sites for hydroxylation is 1. The molecule has 0 saturated heterocycles. The van der Waals surface area contributed by atoms with Gasteiger partial charge in [-0.25, -0.2) is 4.98 Å². The Balaban J connectivity index is 2.06. The first-order valence-electron chi connectivity index (χ1n) is 9.57. The topological polar surface area (TPSA) is 115 Å². The maximum absolute atomic E-state index is 13.1. The SMILES string of the molecule is COCCCn1c(=NC(=O)c2cccnc2)c(C#N)cc2c(=O)n3ccccc3nc21. The monoisotopic (exact) mass is 414 g/mol. The highest BCUT2D eigenvalue weighted by Gasteiger charge is 2.15. The van der Waals surface area contributed by atoms with Crippen molar-refractivity contribution in [3.05, 3.63) is 82.0 Å². The van der Waals surface area contributed by atoms with Crippen LogP contribution in [0, 0.1) is 11.3 Å². The molecule has 4 rings (SSSR count). The maximum Gasteiger partial charge on any atom is 0.280 e. The molecule has 9 heteroatoms. The Morgan fingerprint density at radius 1 is 1.29 bits per heavy atom. The third-order valence-corrected chi connectivity index (χ3v) is 4.76. The first kappa shape index (κ1) is 20.1. The Kier molecular flexibility index (Phi) is 5.64. The van der Waals surface area contributed by atoms with E-state index in [1.165, 1.54) is 16.7 Å². The van der Waals surface area contributed by atoms with E-state index in [0.29, 0.717) is 36.4 Å². The van der Waals surface area contributed by atoms with Crippen LogP contribution in [0.5, 0.6) is 0 Å². The molecule has 0 aliphatic heterocycles. The van der Waals surface area contributed by atoms with Gasteiger partial charge in [-0.15, -0.1) is 0 Å². The number of aromatic nitrogens is 4. The fraction of sp³-hybridized carbons (Fsp3) is 0.182. The van der Waals surface area contributed by atoms with Gasteiger partial charge in [0.1, 0.15) is 17.4 Å². The van der Waals surface area contributed by atoms with Crippen LogP contribution in [0.1, 0.15) is 22.3 Å². The lowest BCUT2D eigenvalue weighted by Gasteiger charge is -2.13. The fourth-order valence-corrected chi connectivity index (χ4v) is 3.31. The summed E-state index contributed by atoms with van der Waals surface area (Å²) in [7, 11) is 1.59. The Bertz CT molecular complexity index is 1450. The van der Waals surface area contributed by atoms with Gasteiger partial charge in [0.2, 0.25) is 0 Å². The van der Waals surface area contributed by atoms with Crippen LogP contribution in [-0.4, -0.2) is 38.6 Å². The molecule has 4 heterocycles. The quantitative estimate of drug-likeness (QED) is 0.363. The van der Waals surface area contributed by atoms with Crippen molar-refractivity contribution in [2.24, 2.45) is 4.99 Å². The van der Waals surface area contributed by atoms with Gasteiger partial charge in [0.25, 0.3) is 11.5 Å². The number of nitriles is 1. The molecule has 0 saturated carbocycles. The van der Waals surface area contributed by atoms with E-state index in [9.17, 15) is 14.9 Å². The normalized spacial score (nSPS) is 11.7. The molecule has 0 N–H and O–H groups in total. The van der Waals surface area contributed by atoms with Crippen LogP contribution in [0.15, 0.2) is 64.8 Å². The number of nitrogens with zero attached hydrogens (tertiary/aromatic N) is 6. The Morgan fingerprint density at radius 3 is 2.90 bits per heavy atom. The third kappa shape index (κ3) is 3.84. The lowest BCUT2D eigenvalue weighted by atomic mass is 10.2. The van der Waals surface area contributed by atoms with Gasteiger partial charge in [-0.2, -0.15) is 10.3 Å². The zero-order valence-corrected chi connectivity index (χ0v) is 16.7. The number of hydrogen-bond donors (Lipinski definition) is 0.